The molecule has 0 aliphatic carbocycles. The molecule has 0 aliphatic heterocycles. The van der Waals surface area contributed by atoms with E-state index < -0.39 is 20.0 Å². The van der Waals surface area contributed by atoms with E-state index in [1.54, 1.807) is 11.8 Å². The number of fused-ring (bicyclic) bond motifs is 1. The lowest BCUT2D eigenvalue weighted by molar-refractivity contribution is 0.559. The Balaban J connectivity index is 1.50. The largest absolute Gasteiger partial charge is 0.457 e. The molecule has 1 atom stereocenters. The molecule has 0 spiro atoms. The first-order valence-electron chi connectivity index (χ1n) is 16.3. The fourth-order valence-electron chi connectivity index (χ4n) is 6.93. The van der Waals surface area contributed by atoms with Gasteiger partial charge in [-0.15, -0.1) is 11.8 Å². The zero-order chi connectivity index (χ0) is 34.0. The number of hydrogen-bond donors (Lipinski definition) is 1. The van der Waals surface area contributed by atoms with Crippen molar-refractivity contribution in [1.29, 1.82) is 0 Å². The molecule has 0 saturated heterocycles. The molecule has 244 valence electrons. The van der Waals surface area contributed by atoms with Gasteiger partial charge in [0.2, 0.25) is 0 Å². The fourth-order valence-corrected chi connectivity index (χ4v) is 10.2. The van der Waals surface area contributed by atoms with Crippen LogP contribution in [-0.4, -0.2) is 8.42 Å². The Morgan fingerprint density at radius 3 is 1.57 bits per heavy atom. The van der Waals surface area contributed by atoms with Crippen LogP contribution >= 0.6 is 11.8 Å². The number of para-hydroxylation sites is 1. The van der Waals surface area contributed by atoms with Crippen molar-refractivity contribution >= 4 is 38.4 Å². The second kappa shape index (κ2) is 13.5. The van der Waals surface area contributed by atoms with Crippen LogP contribution in [0, 0.1) is 20.8 Å². The zero-order valence-corrected chi connectivity index (χ0v) is 29.3. The number of nitrogens with one attached hydrogen (secondary N) is 1. The van der Waals surface area contributed by atoms with Gasteiger partial charge in [-0.25, -0.2) is 8.42 Å². The van der Waals surface area contributed by atoms with Gasteiger partial charge in [-0.3, -0.25) is 4.72 Å². The van der Waals surface area contributed by atoms with Crippen LogP contribution in [-0.2, 0) is 14.8 Å². The van der Waals surface area contributed by atoms with Gasteiger partial charge >= 0.3 is 0 Å². The molecule has 6 heteroatoms. The predicted molar refractivity (Wildman–Crippen MR) is 203 cm³/mol. The highest BCUT2D eigenvalue weighted by Crippen LogP contribution is 2.57. The highest BCUT2D eigenvalue weighted by atomic mass is 32.2. The number of benzene rings is 6. The minimum absolute atomic E-state index is 0.283. The first kappa shape index (κ1) is 32.5. The van der Waals surface area contributed by atoms with Crippen LogP contribution in [0.1, 0.15) is 50.0 Å². The van der Waals surface area contributed by atoms with Gasteiger partial charge in [-0.05, 0) is 66.3 Å². The van der Waals surface area contributed by atoms with Crippen molar-refractivity contribution in [2.45, 2.75) is 35.7 Å². The molecule has 6 aromatic carbocycles. The quantitative estimate of drug-likeness (QED) is 0.146. The van der Waals surface area contributed by atoms with Gasteiger partial charge in [0, 0.05) is 5.39 Å². The third-order valence-electron chi connectivity index (χ3n) is 8.91. The molecule has 0 saturated carbocycles. The average Bonchev–Trinajstić information content (AvgIpc) is 3.47. The van der Waals surface area contributed by atoms with Crippen molar-refractivity contribution in [1.82, 2.24) is 0 Å². The van der Waals surface area contributed by atoms with Gasteiger partial charge in [0.25, 0.3) is 10.0 Å². The van der Waals surface area contributed by atoms with E-state index in [0.717, 1.165) is 27.8 Å². The summed E-state index contributed by atoms with van der Waals surface area (Å²) >= 11 is 1.73. The van der Waals surface area contributed by atoms with E-state index in [1.807, 2.05) is 93.6 Å². The van der Waals surface area contributed by atoms with E-state index in [4.69, 9.17) is 4.42 Å². The lowest BCUT2D eigenvalue weighted by Gasteiger charge is -2.38. The van der Waals surface area contributed by atoms with Crippen LogP contribution in [0.15, 0.2) is 167 Å². The number of thioether (sulfide) groups is 1. The van der Waals surface area contributed by atoms with Crippen molar-refractivity contribution in [3.8, 4) is 0 Å². The fraction of sp³-hybridized carbons (Fsp3) is 0.116. The van der Waals surface area contributed by atoms with E-state index in [9.17, 15) is 8.42 Å². The summed E-state index contributed by atoms with van der Waals surface area (Å²) in [4.78, 5) is 0.283. The van der Waals surface area contributed by atoms with E-state index in [-0.39, 0.29) is 4.90 Å². The zero-order valence-electron chi connectivity index (χ0n) is 27.6. The summed E-state index contributed by atoms with van der Waals surface area (Å²) in [5.74, 6) is 0.538. The van der Waals surface area contributed by atoms with Crippen molar-refractivity contribution in [3.63, 3.8) is 0 Å². The Kier molecular flexibility index (Phi) is 8.93. The maximum absolute atomic E-state index is 14.4. The Bertz CT molecular complexity index is 2200. The van der Waals surface area contributed by atoms with Crippen LogP contribution in [0.3, 0.4) is 0 Å². The molecule has 4 nitrogen and oxygen atoms in total. The third-order valence-corrected chi connectivity index (χ3v) is 12.3. The van der Waals surface area contributed by atoms with Gasteiger partial charge < -0.3 is 4.42 Å². The van der Waals surface area contributed by atoms with E-state index in [0.29, 0.717) is 33.5 Å². The molecular formula is C43H37NO3S2. The summed E-state index contributed by atoms with van der Waals surface area (Å²) in [7, 11) is -4.01. The second-order valence-corrected chi connectivity index (χ2v) is 15.3. The number of rotatable bonds is 10. The number of sulfonamides is 1. The minimum Gasteiger partial charge on any atom is -0.457 e. The van der Waals surface area contributed by atoms with Gasteiger partial charge in [-0.1, -0.05) is 151 Å². The van der Waals surface area contributed by atoms with Gasteiger partial charge in [0.15, 0.2) is 0 Å². The van der Waals surface area contributed by atoms with Crippen molar-refractivity contribution in [2.24, 2.45) is 0 Å². The molecule has 0 amide bonds. The Morgan fingerprint density at radius 2 is 1.06 bits per heavy atom. The molecule has 1 unspecified atom stereocenters. The molecule has 0 radical (unpaired) electrons. The molecule has 7 rings (SSSR count). The van der Waals surface area contributed by atoms with Crippen LogP contribution in [0.4, 0.5) is 5.69 Å². The number of furan rings is 1. The van der Waals surface area contributed by atoms with Crippen LogP contribution in [0.25, 0.3) is 11.0 Å². The van der Waals surface area contributed by atoms with Crippen molar-refractivity contribution in [3.05, 3.63) is 202 Å². The monoisotopic (exact) mass is 679 g/mol. The summed E-state index contributed by atoms with van der Waals surface area (Å²) in [6.45, 7) is 5.67. The second-order valence-electron chi connectivity index (χ2n) is 12.4. The smallest absolute Gasteiger partial charge is 0.262 e. The third kappa shape index (κ3) is 6.18. The van der Waals surface area contributed by atoms with E-state index in [2.05, 4.69) is 89.7 Å². The van der Waals surface area contributed by atoms with Crippen LogP contribution < -0.4 is 4.72 Å². The molecule has 1 heterocycles. The molecule has 1 N–H and O–H groups in total. The predicted octanol–water partition coefficient (Wildman–Crippen LogP) is 11.0. The minimum atomic E-state index is -4.01. The summed E-state index contributed by atoms with van der Waals surface area (Å²) in [6.07, 6.45) is 0. The van der Waals surface area contributed by atoms with E-state index in [1.165, 1.54) is 0 Å². The molecule has 0 bridgehead atoms. The standard InChI is InChI=1S/C43H37NO3S2/c1-30-28-31(2)42(32(3)29-30)49(45,46)44-39-37-26-16-17-27-38(37)47-40(39)41(33-18-8-4-9-19-33)48-43(34-20-10-5-11-21-34,35-22-12-6-13-23-35)36-24-14-7-15-25-36/h4-29,41,44H,1-3H3. The number of anilines is 1. The number of hydrogen-bond acceptors (Lipinski definition) is 4. The Hall–Kier alpha value is -5.04. The summed E-state index contributed by atoms with van der Waals surface area (Å²) < 4.78 is 37.9. The first-order chi connectivity index (χ1) is 23.8. The normalized spacial score (nSPS) is 12.6. The SMILES string of the molecule is Cc1cc(C)c(S(=O)(=O)Nc2c(C(SC(c3ccccc3)(c3ccccc3)c3ccccc3)c3ccccc3)oc3ccccc23)c(C)c1. The maximum Gasteiger partial charge on any atom is 0.262 e. The summed E-state index contributed by atoms with van der Waals surface area (Å²) in [5.41, 5.74) is 7.75. The van der Waals surface area contributed by atoms with E-state index >= 15 is 0 Å². The van der Waals surface area contributed by atoms with Crippen LogP contribution in [0.2, 0.25) is 0 Å². The molecule has 0 fully saturated rings. The Morgan fingerprint density at radius 1 is 0.612 bits per heavy atom. The highest BCUT2D eigenvalue weighted by molar-refractivity contribution is 8.01. The van der Waals surface area contributed by atoms with Gasteiger partial charge in [0.05, 0.1) is 20.6 Å². The highest BCUT2D eigenvalue weighted by Gasteiger charge is 2.42. The molecule has 49 heavy (non-hydrogen) atoms. The molecule has 7 aromatic rings. The lowest BCUT2D eigenvalue weighted by Crippen LogP contribution is -2.27. The molecule has 1 aromatic heterocycles. The van der Waals surface area contributed by atoms with Gasteiger partial charge in [0.1, 0.15) is 11.3 Å². The van der Waals surface area contributed by atoms with Crippen molar-refractivity contribution in [2.75, 3.05) is 4.72 Å². The van der Waals surface area contributed by atoms with Crippen molar-refractivity contribution < 1.29 is 12.8 Å². The number of aryl methyl sites for hydroxylation is 3. The van der Waals surface area contributed by atoms with Gasteiger partial charge in [-0.2, -0.15) is 0 Å². The summed E-state index contributed by atoms with van der Waals surface area (Å²) in [5, 5.41) is 0.266. The summed E-state index contributed by atoms with van der Waals surface area (Å²) in [6, 6.07) is 53.2. The Labute approximate surface area is 292 Å². The average molecular weight is 680 g/mol. The lowest BCUT2D eigenvalue weighted by atomic mass is 9.84. The topological polar surface area (TPSA) is 59.3 Å². The molecule has 0 aliphatic rings. The maximum atomic E-state index is 14.4. The first-order valence-corrected chi connectivity index (χ1v) is 18.7. The van der Waals surface area contributed by atoms with Crippen LogP contribution in [0.5, 0.6) is 0 Å². The molecular weight excluding hydrogens is 643 g/mol.